The summed E-state index contributed by atoms with van der Waals surface area (Å²) in [5, 5.41) is 7.59. The zero-order valence-electron chi connectivity index (χ0n) is 17.8. The van der Waals surface area contributed by atoms with Gasteiger partial charge in [-0.15, -0.1) is 5.10 Å². The van der Waals surface area contributed by atoms with Gasteiger partial charge in [0.2, 0.25) is 5.82 Å². The van der Waals surface area contributed by atoms with Gasteiger partial charge in [0.15, 0.2) is 5.54 Å². The lowest BCUT2D eigenvalue weighted by Gasteiger charge is -2.27. The third-order valence-corrected chi connectivity index (χ3v) is 5.47. The van der Waals surface area contributed by atoms with Crippen LogP contribution in [0.4, 0.5) is 4.79 Å². The van der Waals surface area contributed by atoms with Gasteiger partial charge in [-0.1, -0.05) is 60.7 Å². The highest BCUT2D eigenvalue weighted by Gasteiger charge is 2.54. The average molecular weight is 441 g/mol. The molecule has 5 rings (SSSR count). The molecule has 2 aromatic heterocycles. The second kappa shape index (κ2) is 7.52. The predicted octanol–water partition coefficient (Wildman–Crippen LogP) is 1.88. The summed E-state index contributed by atoms with van der Waals surface area (Å²) in [6.45, 7) is 3.62. The normalized spacial score (nSPS) is 15.0. The Kier molecular flexibility index (Phi) is 4.63. The molecule has 33 heavy (non-hydrogen) atoms. The SMILES string of the molecule is Cc1cc(C)n2nc(C(=O)NN3C(=O)NC(c4ccccc4)(c4ccccc4)C3=O)nc2n1. The molecule has 4 amide bonds. The van der Waals surface area contributed by atoms with Crippen molar-refractivity contribution in [1.82, 2.24) is 35.3 Å². The Labute approximate surface area is 188 Å². The summed E-state index contributed by atoms with van der Waals surface area (Å²) in [5.74, 6) is -1.42. The van der Waals surface area contributed by atoms with Crippen LogP contribution in [0, 0.1) is 13.8 Å². The van der Waals surface area contributed by atoms with E-state index in [1.54, 1.807) is 61.5 Å². The first-order valence-electron chi connectivity index (χ1n) is 10.2. The van der Waals surface area contributed by atoms with Gasteiger partial charge in [0.05, 0.1) is 0 Å². The van der Waals surface area contributed by atoms with Gasteiger partial charge in [0, 0.05) is 11.4 Å². The molecule has 0 saturated carbocycles. The molecule has 1 saturated heterocycles. The number of nitrogens with zero attached hydrogens (tertiary/aromatic N) is 5. The minimum atomic E-state index is -1.49. The molecular formula is C23H19N7O3. The molecule has 0 unspecified atom stereocenters. The number of carbonyl (C=O) groups is 3. The fourth-order valence-corrected chi connectivity index (χ4v) is 3.98. The van der Waals surface area contributed by atoms with Crippen LogP contribution in [0.1, 0.15) is 33.1 Å². The summed E-state index contributed by atoms with van der Waals surface area (Å²) in [5.41, 5.74) is 3.45. The number of urea groups is 1. The first kappa shape index (κ1) is 20.3. The van der Waals surface area contributed by atoms with Crippen LogP contribution in [0.2, 0.25) is 0 Å². The standard InChI is InChI=1S/C23H19N7O3/c1-14-13-15(2)29-21(24-14)25-18(27-29)19(31)28-30-20(32)23(26-22(30)33,16-9-5-3-6-10-16)17-11-7-4-8-12-17/h3-13H,1-2H3,(H,26,33)(H,28,31). The smallest absolute Gasteiger partial charge is 0.314 e. The Bertz CT molecular complexity index is 1360. The molecule has 2 aromatic carbocycles. The Morgan fingerprint density at radius 1 is 0.939 bits per heavy atom. The molecule has 0 atom stereocenters. The van der Waals surface area contributed by atoms with Crippen molar-refractivity contribution in [2.45, 2.75) is 19.4 Å². The molecule has 10 nitrogen and oxygen atoms in total. The van der Waals surface area contributed by atoms with E-state index in [0.717, 1.165) is 11.4 Å². The highest BCUT2D eigenvalue weighted by molar-refractivity contribution is 6.11. The quantitative estimate of drug-likeness (QED) is 0.467. The summed E-state index contributed by atoms with van der Waals surface area (Å²) in [6.07, 6.45) is 0. The number of hydrogen-bond donors (Lipinski definition) is 2. The molecule has 2 N–H and O–H groups in total. The number of hydrogen-bond acceptors (Lipinski definition) is 6. The van der Waals surface area contributed by atoms with Crippen molar-refractivity contribution in [2.75, 3.05) is 0 Å². The second-order valence-corrected chi connectivity index (χ2v) is 7.68. The third kappa shape index (κ3) is 3.19. The maximum Gasteiger partial charge on any atom is 0.344 e. The molecule has 0 spiro atoms. The number of rotatable bonds is 4. The van der Waals surface area contributed by atoms with E-state index in [2.05, 4.69) is 25.8 Å². The Hall–Kier alpha value is -4.60. The van der Waals surface area contributed by atoms with E-state index in [9.17, 15) is 14.4 Å². The van der Waals surface area contributed by atoms with Gasteiger partial charge >= 0.3 is 11.9 Å². The van der Waals surface area contributed by atoms with Gasteiger partial charge in [-0.05, 0) is 31.0 Å². The molecule has 0 radical (unpaired) electrons. The molecule has 10 heteroatoms. The lowest BCUT2D eigenvalue weighted by Crippen LogP contribution is -2.49. The number of aromatic nitrogens is 4. The highest BCUT2D eigenvalue weighted by atomic mass is 16.2. The second-order valence-electron chi connectivity index (χ2n) is 7.68. The fourth-order valence-electron chi connectivity index (χ4n) is 3.98. The van der Waals surface area contributed by atoms with Crippen molar-refractivity contribution in [3.05, 3.63) is 95.1 Å². The maximum absolute atomic E-state index is 13.6. The number of carbonyl (C=O) groups excluding carboxylic acids is 3. The van der Waals surface area contributed by atoms with Crippen molar-refractivity contribution in [1.29, 1.82) is 0 Å². The predicted molar refractivity (Wildman–Crippen MR) is 117 cm³/mol. The van der Waals surface area contributed by atoms with Gasteiger partial charge in [0.1, 0.15) is 0 Å². The highest BCUT2D eigenvalue weighted by Crippen LogP contribution is 2.35. The van der Waals surface area contributed by atoms with E-state index in [1.807, 2.05) is 19.1 Å². The van der Waals surface area contributed by atoms with E-state index in [1.165, 1.54) is 4.52 Å². The summed E-state index contributed by atoms with van der Waals surface area (Å²) < 4.78 is 1.42. The maximum atomic E-state index is 13.6. The summed E-state index contributed by atoms with van der Waals surface area (Å²) in [4.78, 5) is 47.8. The lowest BCUT2D eigenvalue weighted by molar-refractivity contribution is -0.131. The molecule has 4 aromatic rings. The van der Waals surface area contributed by atoms with Gasteiger partial charge in [-0.3, -0.25) is 9.59 Å². The van der Waals surface area contributed by atoms with Crippen LogP contribution >= 0.6 is 0 Å². The van der Waals surface area contributed by atoms with E-state index >= 15 is 0 Å². The third-order valence-electron chi connectivity index (χ3n) is 5.47. The van der Waals surface area contributed by atoms with Crippen LogP contribution in [0.5, 0.6) is 0 Å². The lowest BCUT2D eigenvalue weighted by atomic mass is 9.83. The molecule has 0 aliphatic carbocycles. The van der Waals surface area contributed by atoms with E-state index in [0.29, 0.717) is 16.1 Å². The fraction of sp³-hybridized carbons (Fsp3) is 0.130. The van der Waals surface area contributed by atoms with Crippen LogP contribution in [-0.4, -0.2) is 42.4 Å². The van der Waals surface area contributed by atoms with Crippen LogP contribution in [0.25, 0.3) is 5.78 Å². The molecule has 3 heterocycles. The van der Waals surface area contributed by atoms with Gasteiger partial charge in [-0.2, -0.15) is 9.99 Å². The molecular weight excluding hydrogens is 422 g/mol. The average Bonchev–Trinajstić information content (AvgIpc) is 3.36. The number of benzene rings is 2. The van der Waals surface area contributed by atoms with Crippen LogP contribution in [0.15, 0.2) is 66.7 Å². The van der Waals surface area contributed by atoms with E-state index < -0.39 is 23.4 Å². The van der Waals surface area contributed by atoms with Crippen molar-refractivity contribution < 1.29 is 14.4 Å². The number of fused-ring (bicyclic) bond motifs is 1. The monoisotopic (exact) mass is 441 g/mol. The zero-order chi connectivity index (χ0) is 23.2. The number of nitrogens with one attached hydrogen (secondary N) is 2. The van der Waals surface area contributed by atoms with Crippen LogP contribution < -0.4 is 10.7 Å². The molecule has 0 bridgehead atoms. The first-order chi connectivity index (χ1) is 15.9. The van der Waals surface area contributed by atoms with E-state index in [4.69, 9.17) is 0 Å². The minimum Gasteiger partial charge on any atom is -0.314 e. The van der Waals surface area contributed by atoms with Gasteiger partial charge in [-0.25, -0.2) is 19.7 Å². The molecule has 1 aliphatic rings. The first-order valence-corrected chi connectivity index (χ1v) is 10.2. The Balaban J connectivity index is 1.51. The summed E-state index contributed by atoms with van der Waals surface area (Å²) in [7, 11) is 0. The van der Waals surface area contributed by atoms with Crippen molar-refractivity contribution in [3.63, 3.8) is 0 Å². The molecule has 164 valence electrons. The van der Waals surface area contributed by atoms with Gasteiger partial charge in [0.25, 0.3) is 11.7 Å². The number of amides is 4. The topological polar surface area (TPSA) is 122 Å². The van der Waals surface area contributed by atoms with Crippen molar-refractivity contribution in [2.24, 2.45) is 0 Å². The number of hydrazine groups is 1. The largest absolute Gasteiger partial charge is 0.344 e. The van der Waals surface area contributed by atoms with Crippen LogP contribution in [-0.2, 0) is 10.3 Å². The van der Waals surface area contributed by atoms with E-state index in [-0.39, 0.29) is 11.6 Å². The summed E-state index contributed by atoms with van der Waals surface area (Å²) >= 11 is 0. The van der Waals surface area contributed by atoms with Gasteiger partial charge < -0.3 is 5.32 Å². The summed E-state index contributed by atoms with van der Waals surface area (Å²) in [6, 6.07) is 18.8. The molecule has 1 fully saturated rings. The van der Waals surface area contributed by atoms with Crippen molar-refractivity contribution in [3.8, 4) is 0 Å². The van der Waals surface area contributed by atoms with Crippen LogP contribution in [0.3, 0.4) is 0 Å². The molecule has 1 aliphatic heterocycles. The number of imide groups is 1. The zero-order valence-corrected chi connectivity index (χ0v) is 17.8. The van der Waals surface area contributed by atoms with Crippen molar-refractivity contribution >= 4 is 23.6 Å². The number of aryl methyl sites for hydroxylation is 2. The Morgan fingerprint density at radius 2 is 1.55 bits per heavy atom. The minimum absolute atomic E-state index is 0.214. The Morgan fingerprint density at radius 3 is 2.15 bits per heavy atom.